The number of benzene rings is 1. The molecule has 0 bridgehead atoms. The van der Waals surface area contributed by atoms with E-state index in [0.29, 0.717) is 11.1 Å². The SMILES string of the molecule is COc1ccc(-n2nnnc2S[C@H](C)C(=O)N[C@H]2CCCC[C@H]2C)cc1. The second-order valence-electron chi connectivity index (χ2n) is 6.71. The van der Waals surface area contributed by atoms with Gasteiger partial charge in [-0.3, -0.25) is 4.79 Å². The number of amides is 1. The van der Waals surface area contributed by atoms with E-state index in [4.69, 9.17) is 4.74 Å². The smallest absolute Gasteiger partial charge is 0.233 e. The van der Waals surface area contributed by atoms with Gasteiger partial charge in [0.25, 0.3) is 0 Å². The minimum Gasteiger partial charge on any atom is -0.497 e. The van der Waals surface area contributed by atoms with Gasteiger partial charge >= 0.3 is 0 Å². The molecule has 1 heterocycles. The van der Waals surface area contributed by atoms with Crippen LogP contribution in [0.4, 0.5) is 0 Å². The second-order valence-corrected chi connectivity index (χ2v) is 8.02. The van der Waals surface area contributed by atoms with Crippen molar-refractivity contribution in [3.05, 3.63) is 24.3 Å². The highest BCUT2D eigenvalue weighted by molar-refractivity contribution is 8.00. The molecule has 1 N–H and O–H groups in total. The predicted molar refractivity (Wildman–Crippen MR) is 101 cm³/mol. The van der Waals surface area contributed by atoms with E-state index in [9.17, 15) is 4.79 Å². The molecule has 0 radical (unpaired) electrons. The molecule has 3 atom stereocenters. The van der Waals surface area contributed by atoms with Gasteiger partial charge < -0.3 is 10.1 Å². The first-order valence-corrected chi connectivity index (χ1v) is 9.86. The summed E-state index contributed by atoms with van der Waals surface area (Å²) in [5, 5.41) is 15.4. The Labute approximate surface area is 157 Å². The van der Waals surface area contributed by atoms with E-state index in [0.717, 1.165) is 17.9 Å². The fourth-order valence-electron chi connectivity index (χ4n) is 3.18. The highest BCUT2D eigenvalue weighted by Gasteiger charge is 2.26. The van der Waals surface area contributed by atoms with E-state index in [2.05, 4.69) is 27.8 Å². The van der Waals surface area contributed by atoms with E-state index < -0.39 is 0 Å². The van der Waals surface area contributed by atoms with Gasteiger partial charge in [0.15, 0.2) is 0 Å². The number of nitrogens with zero attached hydrogens (tertiary/aromatic N) is 4. The molecule has 0 saturated heterocycles. The number of ether oxygens (including phenoxy) is 1. The van der Waals surface area contributed by atoms with Gasteiger partial charge in [0.2, 0.25) is 11.1 Å². The number of thioether (sulfide) groups is 1. The van der Waals surface area contributed by atoms with Crippen molar-refractivity contribution in [3.63, 3.8) is 0 Å². The van der Waals surface area contributed by atoms with Gasteiger partial charge in [0, 0.05) is 6.04 Å². The van der Waals surface area contributed by atoms with Crippen LogP contribution in [0.2, 0.25) is 0 Å². The third kappa shape index (κ3) is 4.35. The number of carbonyl (C=O) groups is 1. The molecule has 1 aromatic heterocycles. The number of carbonyl (C=O) groups excluding carboxylic acids is 1. The molecule has 0 aliphatic heterocycles. The Morgan fingerprint density at radius 3 is 2.73 bits per heavy atom. The van der Waals surface area contributed by atoms with E-state index in [1.807, 2.05) is 31.2 Å². The summed E-state index contributed by atoms with van der Waals surface area (Å²) in [5.41, 5.74) is 0.826. The van der Waals surface area contributed by atoms with Crippen molar-refractivity contribution >= 4 is 17.7 Å². The summed E-state index contributed by atoms with van der Waals surface area (Å²) in [4.78, 5) is 12.6. The molecule has 1 aromatic carbocycles. The molecule has 8 heteroatoms. The van der Waals surface area contributed by atoms with Gasteiger partial charge in [-0.2, -0.15) is 4.68 Å². The van der Waals surface area contributed by atoms with Crippen LogP contribution in [0, 0.1) is 5.92 Å². The second kappa shape index (κ2) is 8.53. The highest BCUT2D eigenvalue weighted by Crippen LogP contribution is 2.26. The molecule has 0 spiro atoms. The van der Waals surface area contributed by atoms with Gasteiger partial charge in [-0.05, 0) is 60.4 Å². The molecule has 26 heavy (non-hydrogen) atoms. The number of nitrogens with one attached hydrogen (secondary N) is 1. The molecular formula is C18H25N5O2S. The maximum atomic E-state index is 12.6. The van der Waals surface area contributed by atoms with Gasteiger partial charge in [-0.1, -0.05) is 31.5 Å². The Morgan fingerprint density at radius 1 is 1.31 bits per heavy atom. The van der Waals surface area contributed by atoms with Crippen LogP contribution >= 0.6 is 11.8 Å². The minimum absolute atomic E-state index is 0.0398. The maximum Gasteiger partial charge on any atom is 0.233 e. The van der Waals surface area contributed by atoms with Crippen LogP contribution in [-0.4, -0.2) is 44.5 Å². The zero-order valence-electron chi connectivity index (χ0n) is 15.4. The van der Waals surface area contributed by atoms with Crippen LogP contribution in [0.3, 0.4) is 0 Å². The number of hydrogen-bond acceptors (Lipinski definition) is 6. The lowest BCUT2D eigenvalue weighted by atomic mass is 9.86. The quantitative estimate of drug-likeness (QED) is 0.782. The third-order valence-electron chi connectivity index (χ3n) is 4.85. The van der Waals surface area contributed by atoms with Crippen LogP contribution in [0.1, 0.15) is 39.5 Å². The lowest BCUT2D eigenvalue weighted by molar-refractivity contribution is -0.121. The number of methoxy groups -OCH3 is 1. The topological polar surface area (TPSA) is 81.9 Å². The number of tetrazole rings is 1. The summed E-state index contributed by atoms with van der Waals surface area (Å²) >= 11 is 1.36. The van der Waals surface area contributed by atoms with Gasteiger partial charge in [-0.15, -0.1) is 5.10 Å². The number of rotatable bonds is 6. The molecule has 2 aromatic rings. The molecule has 3 rings (SSSR count). The summed E-state index contributed by atoms with van der Waals surface area (Å²) in [7, 11) is 1.63. The summed E-state index contributed by atoms with van der Waals surface area (Å²) in [5.74, 6) is 1.35. The molecular weight excluding hydrogens is 350 g/mol. The van der Waals surface area contributed by atoms with Crippen LogP contribution in [0.15, 0.2) is 29.4 Å². The van der Waals surface area contributed by atoms with Gasteiger partial charge in [0.1, 0.15) is 5.75 Å². The van der Waals surface area contributed by atoms with Crippen molar-refractivity contribution in [1.82, 2.24) is 25.5 Å². The van der Waals surface area contributed by atoms with E-state index in [1.54, 1.807) is 11.8 Å². The first kappa shape index (κ1) is 18.7. The average Bonchev–Trinajstić information content (AvgIpc) is 3.11. The van der Waals surface area contributed by atoms with E-state index in [1.165, 1.54) is 31.0 Å². The van der Waals surface area contributed by atoms with Crippen molar-refractivity contribution in [1.29, 1.82) is 0 Å². The molecule has 1 saturated carbocycles. The van der Waals surface area contributed by atoms with Crippen LogP contribution < -0.4 is 10.1 Å². The Balaban J connectivity index is 1.65. The normalized spacial score (nSPS) is 21.2. The Hall–Kier alpha value is -2.09. The lowest BCUT2D eigenvalue weighted by Crippen LogP contribution is -2.44. The Morgan fingerprint density at radius 2 is 2.04 bits per heavy atom. The van der Waals surface area contributed by atoms with Gasteiger partial charge in [0.05, 0.1) is 18.0 Å². The first-order chi connectivity index (χ1) is 12.6. The highest BCUT2D eigenvalue weighted by atomic mass is 32.2. The summed E-state index contributed by atoms with van der Waals surface area (Å²) in [6, 6.07) is 7.75. The largest absolute Gasteiger partial charge is 0.497 e. The van der Waals surface area contributed by atoms with Gasteiger partial charge in [-0.25, -0.2) is 0 Å². The van der Waals surface area contributed by atoms with Crippen LogP contribution in [0.5, 0.6) is 5.75 Å². The predicted octanol–water partition coefficient (Wildman–Crippen LogP) is 2.85. The molecule has 1 aliphatic carbocycles. The average molecular weight is 375 g/mol. The Bertz CT molecular complexity index is 733. The van der Waals surface area contributed by atoms with Crippen LogP contribution in [0.25, 0.3) is 5.69 Å². The molecule has 1 fully saturated rings. The minimum atomic E-state index is -0.271. The first-order valence-electron chi connectivity index (χ1n) is 8.98. The van der Waals surface area contributed by atoms with Crippen molar-refractivity contribution < 1.29 is 9.53 Å². The molecule has 140 valence electrons. The zero-order valence-corrected chi connectivity index (χ0v) is 16.2. The monoisotopic (exact) mass is 375 g/mol. The maximum absolute atomic E-state index is 12.6. The standard InChI is InChI=1S/C18H25N5O2S/c1-12-6-4-5-7-16(12)19-17(24)13(2)26-18-20-21-22-23(18)14-8-10-15(25-3)11-9-14/h8-13,16H,4-7H2,1-3H3,(H,19,24)/t12-,13-,16+/m1/s1. The van der Waals surface area contributed by atoms with E-state index in [-0.39, 0.29) is 17.2 Å². The lowest BCUT2D eigenvalue weighted by Gasteiger charge is -2.30. The van der Waals surface area contributed by atoms with Crippen LogP contribution in [-0.2, 0) is 4.79 Å². The summed E-state index contributed by atoms with van der Waals surface area (Å²) in [6.45, 7) is 4.10. The van der Waals surface area contributed by atoms with Crippen molar-refractivity contribution in [3.8, 4) is 11.4 Å². The van der Waals surface area contributed by atoms with E-state index >= 15 is 0 Å². The molecule has 1 amide bonds. The Kier molecular flexibility index (Phi) is 6.13. The fraction of sp³-hybridized carbons (Fsp3) is 0.556. The molecule has 0 unspecified atom stereocenters. The zero-order chi connectivity index (χ0) is 18.5. The van der Waals surface area contributed by atoms with Crippen molar-refractivity contribution in [2.45, 2.75) is 56.0 Å². The molecule has 1 aliphatic rings. The summed E-state index contributed by atoms with van der Waals surface area (Å²) < 4.78 is 6.81. The van der Waals surface area contributed by atoms with Crippen molar-refractivity contribution in [2.75, 3.05) is 7.11 Å². The van der Waals surface area contributed by atoms with Crippen molar-refractivity contribution in [2.24, 2.45) is 5.92 Å². The third-order valence-corrected chi connectivity index (χ3v) is 5.88. The number of aromatic nitrogens is 4. The fourth-order valence-corrected chi connectivity index (χ4v) is 4.00. The summed E-state index contributed by atoms with van der Waals surface area (Å²) in [6.07, 6.45) is 4.69. The number of hydrogen-bond donors (Lipinski definition) is 1. The molecule has 7 nitrogen and oxygen atoms in total.